The average Bonchev–Trinajstić information content (AvgIpc) is 2.80. The maximum atomic E-state index is 10.4. The highest BCUT2D eigenvalue weighted by Crippen LogP contribution is 2.21. The third kappa shape index (κ3) is 3.28. The van der Waals surface area contributed by atoms with Gasteiger partial charge >= 0.3 is 0 Å². The van der Waals surface area contributed by atoms with Gasteiger partial charge in [0.2, 0.25) is 0 Å². The minimum atomic E-state index is -0.499. The molecular formula is C17H24N2O. The Morgan fingerprint density at radius 3 is 2.40 bits per heavy atom. The summed E-state index contributed by atoms with van der Waals surface area (Å²) in [5.41, 5.74) is 4.34. The molecule has 2 aromatic rings. The highest BCUT2D eigenvalue weighted by atomic mass is 16.3. The summed E-state index contributed by atoms with van der Waals surface area (Å²) in [5.74, 6) is 0.540. The molecule has 1 aromatic carbocycles. The molecule has 3 heteroatoms. The van der Waals surface area contributed by atoms with Gasteiger partial charge in [-0.1, -0.05) is 38.1 Å². The summed E-state index contributed by atoms with van der Waals surface area (Å²) in [6.07, 6.45) is 0.129. The number of rotatable bonds is 5. The van der Waals surface area contributed by atoms with Gasteiger partial charge in [-0.2, -0.15) is 5.10 Å². The highest BCUT2D eigenvalue weighted by Gasteiger charge is 2.14. The van der Waals surface area contributed by atoms with Gasteiger partial charge in [0.25, 0.3) is 0 Å². The van der Waals surface area contributed by atoms with Crippen LogP contribution in [0.3, 0.4) is 0 Å². The Morgan fingerprint density at radius 1 is 1.20 bits per heavy atom. The van der Waals surface area contributed by atoms with Crippen LogP contribution in [-0.2, 0) is 13.0 Å². The zero-order valence-electron chi connectivity index (χ0n) is 12.8. The minimum Gasteiger partial charge on any atom is -0.386 e. The second-order valence-electron chi connectivity index (χ2n) is 5.64. The van der Waals surface area contributed by atoms with E-state index < -0.39 is 6.10 Å². The van der Waals surface area contributed by atoms with Gasteiger partial charge in [-0.25, -0.2) is 0 Å². The number of aliphatic hydroxyl groups excluding tert-OH is 1. The van der Waals surface area contributed by atoms with Crippen molar-refractivity contribution in [1.29, 1.82) is 0 Å². The maximum Gasteiger partial charge on any atom is 0.0996 e. The van der Waals surface area contributed by atoms with E-state index in [0.29, 0.717) is 12.3 Å². The van der Waals surface area contributed by atoms with Crippen LogP contribution in [0.1, 0.15) is 55.3 Å². The molecule has 0 saturated carbocycles. The number of hydrogen-bond donors (Lipinski definition) is 1. The zero-order chi connectivity index (χ0) is 14.7. The van der Waals surface area contributed by atoms with E-state index >= 15 is 0 Å². The van der Waals surface area contributed by atoms with Crippen LogP contribution in [-0.4, -0.2) is 14.9 Å². The summed E-state index contributed by atoms with van der Waals surface area (Å²) in [6.45, 7) is 9.16. The fourth-order valence-electron chi connectivity index (χ4n) is 2.45. The number of hydrogen-bond acceptors (Lipinski definition) is 2. The maximum absolute atomic E-state index is 10.4. The number of aromatic nitrogens is 2. The molecule has 0 aliphatic carbocycles. The third-order valence-electron chi connectivity index (χ3n) is 3.65. The normalized spacial score (nSPS) is 12.9. The molecule has 0 saturated heterocycles. The fourth-order valence-corrected chi connectivity index (χ4v) is 2.45. The number of aryl methyl sites for hydroxylation is 2. The van der Waals surface area contributed by atoms with E-state index in [9.17, 15) is 5.11 Å². The van der Waals surface area contributed by atoms with Crippen molar-refractivity contribution < 1.29 is 5.11 Å². The van der Waals surface area contributed by atoms with Gasteiger partial charge in [0.1, 0.15) is 0 Å². The summed E-state index contributed by atoms with van der Waals surface area (Å²) in [4.78, 5) is 0. The molecule has 2 rings (SSSR count). The first-order valence-corrected chi connectivity index (χ1v) is 7.32. The molecule has 0 radical (unpaired) electrons. The van der Waals surface area contributed by atoms with E-state index in [-0.39, 0.29) is 0 Å². The van der Waals surface area contributed by atoms with Gasteiger partial charge in [-0.05, 0) is 37.0 Å². The van der Waals surface area contributed by atoms with E-state index in [1.807, 2.05) is 24.6 Å². The van der Waals surface area contributed by atoms with Crippen LogP contribution in [0.5, 0.6) is 0 Å². The largest absolute Gasteiger partial charge is 0.386 e. The molecule has 0 bridgehead atoms. The van der Waals surface area contributed by atoms with Gasteiger partial charge in [0, 0.05) is 13.0 Å². The number of aliphatic hydroxyl groups is 1. The fraction of sp³-hybridized carbons (Fsp3) is 0.471. The Bertz CT molecular complexity index is 555. The van der Waals surface area contributed by atoms with Crippen LogP contribution in [0.15, 0.2) is 30.3 Å². The van der Waals surface area contributed by atoms with Crippen molar-refractivity contribution in [2.75, 3.05) is 0 Å². The van der Waals surface area contributed by atoms with Gasteiger partial charge in [-0.3, -0.25) is 4.68 Å². The predicted octanol–water partition coefficient (Wildman–Crippen LogP) is 3.61. The van der Waals surface area contributed by atoms with Crippen LogP contribution in [0.4, 0.5) is 0 Å². The Hall–Kier alpha value is -1.61. The number of nitrogens with zero attached hydrogens (tertiary/aromatic N) is 2. The molecule has 20 heavy (non-hydrogen) atoms. The van der Waals surface area contributed by atoms with E-state index in [2.05, 4.69) is 43.2 Å². The molecule has 1 atom stereocenters. The molecular weight excluding hydrogens is 248 g/mol. The molecule has 0 amide bonds. The predicted molar refractivity (Wildman–Crippen MR) is 81.8 cm³/mol. The summed E-state index contributed by atoms with van der Waals surface area (Å²) in [6, 6.07) is 10.5. The van der Waals surface area contributed by atoms with Crippen molar-refractivity contribution in [3.8, 4) is 0 Å². The first-order chi connectivity index (χ1) is 9.51. The van der Waals surface area contributed by atoms with Crippen LogP contribution in [0.25, 0.3) is 0 Å². The van der Waals surface area contributed by atoms with Crippen LogP contribution in [0, 0.1) is 6.92 Å². The molecule has 108 valence electrons. The molecule has 1 aromatic heterocycles. The second-order valence-corrected chi connectivity index (χ2v) is 5.64. The topological polar surface area (TPSA) is 38.0 Å². The monoisotopic (exact) mass is 272 g/mol. The molecule has 1 unspecified atom stereocenters. The van der Waals surface area contributed by atoms with E-state index in [1.165, 1.54) is 5.56 Å². The summed E-state index contributed by atoms with van der Waals surface area (Å²) >= 11 is 0. The van der Waals surface area contributed by atoms with Gasteiger partial charge in [0.15, 0.2) is 0 Å². The van der Waals surface area contributed by atoms with Crippen molar-refractivity contribution in [3.05, 3.63) is 52.8 Å². The van der Waals surface area contributed by atoms with E-state index in [1.54, 1.807) is 0 Å². The summed E-state index contributed by atoms with van der Waals surface area (Å²) < 4.78 is 1.88. The lowest BCUT2D eigenvalue weighted by Crippen LogP contribution is -2.10. The third-order valence-corrected chi connectivity index (χ3v) is 3.65. The Balaban J connectivity index is 2.12. The van der Waals surface area contributed by atoms with Crippen molar-refractivity contribution in [3.63, 3.8) is 0 Å². The van der Waals surface area contributed by atoms with E-state index in [4.69, 9.17) is 0 Å². The van der Waals surface area contributed by atoms with Gasteiger partial charge in [-0.15, -0.1) is 0 Å². The molecule has 1 N–H and O–H groups in total. The van der Waals surface area contributed by atoms with Gasteiger partial charge in [0.05, 0.1) is 17.5 Å². The van der Waals surface area contributed by atoms with Crippen molar-refractivity contribution in [2.45, 2.75) is 52.7 Å². The molecule has 0 aliphatic heterocycles. The first kappa shape index (κ1) is 14.8. The molecule has 0 aliphatic rings. The lowest BCUT2D eigenvalue weighted by atomic mass is 9.99. The molecule has 0 fully saturated rings. The lowest BCUT2D eigenvalue weighted by Gasteiger charge is -2.13. The van der Waals surface area contributed by atoms with Crippen LogP contribution in [0.2, 0.25) is 0 Å². The zero-order valence-corrected chi connectivity index (χ0v) is 12.8. The van der Waals surface area contributed by atoms with Crippen LogP contribution < -0.4 is 0 Å². The first-order valence-electron chi connectivity index (χ1n) is 7.32. The second kappa shape index (κ2) is 6.23. The van der Waals surface area contributed by atoms with Crippen molar-refractivity contribution in [1.82, 2.24) is 9.78 Å². The molecule has 3 nitrogen and oxygen atoms in total. The highest BCUT2D eigenvalue weighted by molar-refractivity contribution is 5.26. The van der Waals surface area contributed by atoms with E-state index in [0.717, 1.165) is 23.5 Å². The minimum absolute atomic E-state index is 0.499. The molecule has 1 heterocycles. The van der Waals surface area contributed by atoms with Crippen LogP contribution >= 0.6 is 0 Å². The summed E-state index contributed by atoms with van der Waals surface area (Å²) in [5, 5.41) is 14.8. The Kier molecular flexibility index (Phi) is 4.61. The lowest BCUT2D eigenvalue weighted by molar-refractivity contribution is 0.167. The Morgan fingerprint density at radius 2 is 1.85 bits per heavy atom. The Labute approximate surface area is 121 Å². The summed E-state index contributed by atoms with van der Waals surface area (Å²) in [7, 11) is 0. The SMILES string of the molecule is CCn1nc(C)cc1C(O)Cc1ccc(C(C)C)cc1. The number of benzene rings is 1. The standard InChI is InChI=1S/C17H24N2O/c1-5-19-16(10-13(4)18-19)17(20)11-14-6-8-15(9-7-14)12(2)3/h6-10,12,17,20H,5,11H2,1-4H3. The van der Waals surface area contributed by atoms with Gasteiger partial charge < -0.3 is 5.11 Å². The molecule has 0 spiro atoms. The smallest absolute Gasteiger partial charge is 0.0996 e. The average molecular weight is 272 g/mol. The van der Waals surface area contributed by atoms with Crippen molar-refractivity contribution >= 4 is 0 Å². The quantitative estimate of drug-likeness (QED) is 0.903. The van der Waals surface area contributed by atoms with Crippen molar-refractivity contribution in [2.24, 2.45) is 0 Å².